The van der Waals surface area contributed by atoms with Gasteiger partial charge in [-0.2, -0.15) is 0 Å². The van der Waals surface area contributed by atoms with Crippen molar-refractivity contribution in [1.82, 2.24) is 4.72 Å². The summed E-state index contributed by atoms with van der Waals surface area (Å²) in [4.78, 5) is 0.203. The maximum atomic E-state index is 12.4. The average molecular weight is 454 g/mol. The molecular weight excluding hydrogens is 441 g/mol. The van der Waals surface area contributed by atoms with Crippen molar-refractivity contribution in [1.29, 1.82) is 0 Å². The van der Waals surface area contributed by atoms with E-state index in [4.69, 9.17) is 11.6 Å². The predicted molar refractivity (Wildman–Crippen MR) is 92.1 cm³/mol. The van der Waals surface area contributed by atoms with Crippen LogP contribution in [0.4, 0.5) is 0 Å². The molecule has 0 spiro atoms. The highest BCUT2D eigenvalue weighted by atomic mass is 79.9. The van der Waals surface area contributed by atoms with Crippen molar-refractivity contribution in [2.24, 2.45) is 0 Å². The topological polar surface area (TPSA) is 46.2 Å². The minimum Gasteiger partial charge on any atom is -0.207 e. The van der Waals surface area contributed by atoms with Crippen molar-refractivity contribution in [3.05, 3.63) is 61.5 Å². The average Bonchev–Trinajstić information content (AvgIpc) is 2.42. The van der Waals surface area contributed by atoms with Crippen LogP contribution in [0.1, 0.15) is 11.1 Å². The van der Waals surface area contributed by atoms with Crippen molar-refractivity contribution in [2.75, 3.05) is 0 Å². The van der Waals surface area contributed by atoms with Crippen LogP contribution in [0.3, 0.4) is 0 Å². The molecule has 0 heterocycles. The fraction of sp³-hybridized carbons (Fsp3) is 0.143. The number of hydrogen-bond acceptors (Lipinski definition) is 2. The molecule has 2 aromatic carbocycles. The van der Waals surface area contributed by atoms with Gasteiger partial charge in [-0.15, -0.1) is 0 Å². The third kappa shape index (κ3) is 4.29. The monoisotopic (exact) mass is 451 g/mol. The summed E-state index contributed by atoms with van der Waals surface area (Å²) in [5.74, 6) is 0. The molecule has 0 amide bonds. The summed E-state index contributed by atoms with van der Waals surface area (Å²) >= 11 is 12.4. The third-order valence-electron chi connectivity index (χ3n) is 2.88. The number of halogens is 3. The zero-order valence-corrected chi connectivity index (χ0v) is 15.8. The van der Waals surface area contributed by atoms with Gasteiger partial charge in [-0.25, -0.2) is 13.1 Å². The Kier molecular flexibility index (Phi) is 5.48. The molecule has 0 atom stereocenters. The van der Waals surface area contributed by atoms with Crippen molar-refractivity contribution < 1.29 is 8.42 Å². The van der Waals surface area contributed by atoms with Gasteiger partial charge in [-0.1, -0.05) is 39.7 Å². The van der Waals surface area contributed by atoms with Gasteiger partial charge in [0, 0.05) is 20.5 Å². The summed E-state index contributed by atoms with van der Waals surface area (Å²) in [6.07, 6.45) is 0. The molecule has 112 valence electrons. The molecule has 0 bridgehead atoms. The highest BCUT2D eigenvalue weighted by Crippen LogP contribution is 2.28. The highest BCUT2D eigenvalue weighted by Gasteiger charge is 2.18. The fourth-order valence-corrected chi connectivity index (χ4v) is 4.51. The van der Waals surface area contributed by atoms with Crippen LogP contribution in [0.15, 0.2) is 50.2 Å². The van der Waals surface area contributed by atoms with Gasteiger partial charge in [0.1, 0.15) is 0 Å². The molecule has 2 rings (SSSR count). The number of nitrogens with one attached hydrogen (secondary N) is 1. The van der Waals surface area contributed by atoms with Gasteiger partial charge >= 0.3 is 0 Å². The molecule has 0 aliphatic rings. The summed E-state index contributed by atoms with van der Waals surface area (Å²) in [6.45, 7) is 2.10. The summed E-state index contributed by atoms with van der Waals surface area (Å²) in [7, 11) is -3.60. The molecule has 21 heavy (non-hydrogen) atoms. The number of sulfonamides is 1. The Balaban J connectivity index is 2.22. The minimum atomic E-state index is -3.60. The molecule has 0 aliphatic carbocycles. The number of rotatable bonds is 4. The lowest BCUT2D eigenvalue weighted by Gasteiger charge is -2.10. The summed E-state index contributed by atoms with van der Waals surface area (Å²) < 4.78 is 28.6. The Hall–Kier alpha value is -0.400. The van der Waals surface area contributed by atoms with Gasteiger partial charge in [-0.3, -0.25) is 0 Å². The second kappa shape index (κ2) is 6.79. The first-order chi connectivity index (χ1) is 9.79. The van der Waals surface area contributed by atoms with Crippen molar-refractivity contribution in [2.45, 2.75) is 18.4 Å². The van der Waals surface area contributed by atoms with Crippen LogP contribution in [0.5, 0.6) is 0 Å². The number of hydrogen-bond donors (Lipinski definition) is 1. The van der Waals surface area contributed by atoms with E-state index in [0.29, 0.717) is 9.50 Å². The van der Waals surface area contributed by atoms with Crippen LogP contribution in [0.25, 0.3) is 0 Å². The van der Waals surface area contributed by atoms with Gasteiger partial charge in [-0.05, 0) is 58.2 Å². The highest BCUT2D eigenvalue weighted by molar-refractivity contribution is 9.11. The first-order valence-electron chi connectivity index (χ1n) is 5.99. The van der Waals surface area contributed by atoms with Gasteiger partial charge in [0.05, 0.1) is 4.90 Å². The first kappa shape index (κ1) is 17.0. The second-order valence-corrected chi connectivity index (χ2v) is 8.36. The molecule has 0 saturated carbocycles. The van der Waals surface area contributed by atoms with Gasteiger partial charge in [0.25, 0.3) is 0 Å². The zero-order chi connectivity index (χ0) is 15.6. The standard InChI is InChI=1S/C14H12Br2ClNO2S/c1-9-6-13(16)14(7-12(9)15)21(19,20)18-8-10-2-4-11(17)5-3-10/h2-7,18H,8H2,1H3. The molecule has 0 radical (unpaired) electrons. The molecule has 3 nitrogen and oxygen atoms in total. The van der Waals surface area contributed by atoms with Crippen molar-refractivity contribution >= 4 is 53.5 Å². The van der Waals surface area contributed by atoms with Crippen LogP contribution >= 0.6 is 43.5 Å². The summed E-state index contributed by atoms with van der Waals surface area (Å²) in [5.41, 5.74) is 1.80. The normalized spacial score (nSPS) is 11.6. The zero-order valence-electron chi connectivity index (χ0n) is 11.0. The lowest BCUT2D eigenvalue weighted by atomic mass is 10.2. The van der Waals surface area contributed by atoms with Gasteiger partial charge < -0.3 is 0 Å². The van der Waals surface area contributed by atoms with Crippen LogP contribution in [-0.2, 0) is 16.6 Å². The molecule has 2 aromatic rings. The van der Waals surface area contributed by atoms with Crippen molar-refractivity contribution in [3.63, 3.8) is 0 Å². The van der Waals surface area contributed by atoms with Crippen LogP contribution in [-0.4, -0.2) is 8.42 Å². The molecule has 0 saturated heterocycles. The number of aryl methyl sites for hydroxylation is 1. The molecule has 1 N–H and O–H groups in total. The van der Waals surface area contributed by atoms with E-state index in [1.165, 1.54) is 0 Å². The maximum Gasteiger partial charge on any atom is 0.242 e. The molecule has 7 heteroatoms. The van der Waals surface area contributed by atoms with E-state index in [1.807, 2.05) is 6.92 Å². The van der Waals surface area contributed by atoms with Crippen molar-refractivity contribution in [3.8, 4) is 0 Å². The second-order valence-electron chi connectivity index (χ2n) is 4.48. The Morgan fingerprint density at radius 1 is 1.10 bits per heavy atom. The Morgan fingerprint density at radius 3 is 2.33 bits per heavy atom. The predicted octanol–water partition coefficient (Wildman–Crippen LogP) is 4.65. The molecule has 0 fully saturated rings. The fourth-order valence-electron chi connectivity index (χ4n) is 1.69. The Labute approximate surface area is 146 Å². The van der Waals surface area contributed by atoms with E-state index in [0.717, 1.165) is 15.6 Å². The maximum absolute atomic E-state index is 12.4. The number of benzene rings is 2. The van der Waals surface area contributed by atoms with E-state index in [1.54, 1.807) is 36.4 Å². The Bertz CT molecular complexity index is 761. The van der Waals surface area contributed by atoms with E-state index in [2.05, 4.69) is 36.6 Å². The van der Waals surface area contributed by atoms with E-state index in [9.17, 15) is 8.42 Å². The van der Waals surface area contributed by atoms with Crippen LogP contribution in [0, 0.1) is 6.92 Å². The quantitative estimate of drug-likeness (QED) is 0.732. The van der Waals surface area contributed by atoms with E-state index < -0.39 is 10.0 Å². The van der Waals surface area contributed by atoms with Gasteiger partial charge in [0.15, 0.2) is 0 Å². The summed E-state index contributed by atoms with van der Waals surface area (Å²) in [5, 5.41) is 0.617. The first-order valence-corrected chi connectivity index (χ1v) is 9.44. The molecule has 0 aliphatic heterocycles. The largest absolute Gasteiger partial charge is 0.242 e. The van der Waals surface area contributed by atoms with Crippen LogP contribution < -0.4 is 4.72 Å². The Morgan fingerprint density at radius 2 is 1.71 bits per heavy atom. The summed E-state index contributed by atoms with van der Waals surface area (Å²) in [6, 6.07) is 10.4. The lowest BCUT2D eigenvalue weighted by molar-refractivity contribution is 0.580. The third-order valence-corrected chi connectivity index (χ3v) is 6.35. The lowest BCUT2D eigenvalue weighted by Crippen LogP contribution is -2.23. The SMILES string of the molecule is Cc1cc(Br)c(S(=O)(=O)NCc2ccc(Cl)cc2)cc1Br. The smallest absolute Gasteiger partial charge is 0.207 e. The van der Waals surface area contributed by atoms with E-state index in [-0.39, 0.29) is 11.4 Å². The van der Waals surface area contributed by atoms with Crippen LogP contribution in [0.2, 0.25) is 5.02 Å². The molecule has 0 aromatic heterocycles. The van der Waals surface area contributed by atoms with E-state index >= 15 is 0 Å². The molecule has 0 unspecified atom stereocenters. The van der Waals surface area contributed by atoms with Gasteiger partial charge in [0.2, 0.25) is 10.0 Å². The minimum absolute atomic E-state index is 0.203. The molecular formula is C14H12Br2ClNO2S.